The molecule has 3 aromatic rings. The Kier molecular flexibility index (Phi) is 4.22. The molecule has 0 aliphatic carbocycles. The number of ether oxygens (including phenoxy) is 1. The molecule has 3 rings (SSSR count). The van der Waals surface area contributed by atoms with Crippen molar-refractivity contribution in [3.63, 3.8) is 0 Å². The second-order valence-electron chi connectivity index (χ2n) is 4.80. The van der Waals surface area contributed by atoms with Crippen LogP contribution < -0.4 is 4.74 Å². The highest BCUT2D eigenvalue weighted by Gasteiger charge is 2.09. The number of para-hydroxylation sites is 2. The van der Waals surface area contributed by atoms with E-state index in [0.29, 0.717) is 6.54 Å². The standard InChI is InChI=1S/C16H15BrN2O2/c17-12-5-7-14(8-6-12)21-10-13(20)9-19-11-18-15-3-1-2-4-16(15)19/h1-8,11,13,20H,9-10H2/t13-/m0/s1. The van der Waals surface area contributed by atoms with Crippen LogP contribution in [-0.4, -0.2) is 27.4 Å². The van der Waals surface area contributed by atoms with Crippen LogP contribution in [0.1, 0.15) is 0 Å². The van der Waals surface area contributed by atoms with Gasteiger partial charge in [-0.2, -0.15) is 0 Å². The highest BCUT2D eigenvalue weighted by atomic mass is 79.9. The Morgan fingerprint density at radius 3 is 2.71 bits per heavy atom. The van der Waals surface area contributed by atoms with Crippen LogP contribution in [0.2, 0.25) is 0 Å². The van der Waals surface area contributed by atoms with Crippen molar-refractivity contribution in [1.82, 2.24) is 9.55 Å². The van der Waals surface area contributed by atoms with Crippen LogP contribution in [0.3, 0.4) is 0 Å². The number of benzene rings is 2. The van der Waals surface area contributed by atoms with Gasteiger partial charge in [0, 0.05) is 4.47 Å². The average molecular weight is 347 g/mol. The molecular formula is C16H15BrN2O2. The molecule has 1 heterocycles. The van der Waals surface area contributed by atoms with Gasteiger partial charge in [0.05, 0.1) is 23.9 Å². The van der Waals surface area contributed by atoms with E-state index in [1.54, 1.807) is 6.33 Å². The number of aromatic nitrogens is 2. The van der Waals surface area contributed by atoms with Crippen LogP contribution in [-0.2, 0) is 6.54 Å². The molecule has 2 aromatic carbocycles. The fraction of sp³-hybridized carbons (Fsp3) is 0.188. The molecule has 0 saturated heterocycles. The smallest absolute Gasteiger partial charge is 0.119 e. The molecule has 21 heavy (non-hydrogen) atoms. The topological polar surface area (TPSA) is 47.3 Å². The van der Waals surface area contributed by atoms with Crippen molar-refractivity contribution >= 4 is 27.0 Å². The van der Waals surface area contributed by atoms with Crippen LogP contribution in [0, 0.1) is 0 Å². The molecular weight excluding hydrogens is 332 g/mol. The number of aliphatic hydroxyl groups excluding tert-OH is 1. The van der Waals surface area contributed by atoms with Crippen molar-refractivity contribution in [2.24, 2.45) is 0 Å². The lowest BCUT2D eigenvalue weighted by Gasteiger charge is -2.13. The number of nitrogens with zero attached hydrogens (tertiary/aromatic N) is 2. The Morgan fingerprint density at radius 1 is 1.14 bits per heavy atom. The van der Waals surface area contributed by atoms with E-state index in [-0.39, 0.29) is 6.61 Å². The number of hydrogen-bond donors (Lipinski definition) is 1. The van der Waals surface area contributed by atoms with E-state index in [4.69, 9.17) is 4.74 Å². The van der Waals surface area contributed by atoms with E-state index in [2.05, 4.69) is 20.9 Å². The van der Waals surface area contributed by atoms with Gasteiger partial charge in [-0.15, -0.1) is 0 Å². The molecule has 1 atom stereocenters. The van der Waals surface area contributed by atoms with Gasteiger partial charge in [-0.1, -0.05) is 28.1 Å². The molecule has 0 radical (unpaired) electrons. The van der Waals surface area contributed by atoms with Crippen molar-refractivity contribution in [2.75, 3.05) is 6.61 Å². The van der Waals surface area contributed by atoms with Crippen LogP contribution in [0.25, 0.3) is 11.0 Å². The first-order valence-corrected chi connectivity index (χ1v) is 7.48. The zero-order valence-electron chi connectivity index (χ0n) is 11.3. The van der Waals surface area contributed by atoms with Crippen molar-refractivity contribution in [3.05, 3.63) is 59.3 Å². The molecule has 0 fully saturated rings. The fourth-order valence-electron chi connectivity index (χ4n) is 2.16. The van der Waals surface area contributed by atoms with Crippen LogP contribution in [0.15, 0.2) is 59.3 Å². The van der Waals surface area contributed by atoms with E-state index < -0.39 is 6.10 Å². The Morgan fingerprint density at radius 2 is 1.90 bits per heavy atom. The summed E-state index contributed by atoms with van der Waals surface area (Å²) in [4.78, 5) is 4.31. The van der Waals surface area contributed by atoms with Gasteiger partial charge in [-0.25, -0.2) is 4.98 Å². The SMILES string of the molecule is O[C@H](COc1ccc(Br)cc1)Cn1cnc2ccccc21. The normalized spacial score (nSPS) is 12.5. The average Bonchev–Trinajstić information content (AvgIpc) is 2.90. The lowest BCUT2D eigenvalue weighted by molar-refractivity contribution is 0.0934. The largest absolute Gasteiger partial charge is 0.491 e. The van der Waals surface area contributed by atoms with E-state index >= 15 is 0 Å². The van der Waals surface area contributed by atoms with E-state index in [0.717, 1.165) is 21.3 Å². The third-order valence-electron chi connectivity index (χ3n) is 3.19. The van der Waals surface area contributed by atoms with Crippen molar-refractivity contribution in [3.8, 4) is 5.75 Å². The number of fused-ring (bicyclic) bond motifs is 1. The quantitative estimate of drug-likeness (QED) is 0.771. The van der Waals surface area contributed by atoms with Gasteiger partial charge in [-0.05, 0) is 36.4 Å². The molecule has 0 amide bonds. The molecule has 0 aliphatic rings. The summed E-state index contributed by atoms with van der Waals surface area (Å²) in [6, 6.07) is 15.4. The van der Waals surface area contributed by atoms with Crippen LogP contribution >= 0.6 is 15.9 Å². The summed E-state index contributed by atoms with van der Waals surface area (Å²) >= 11 is 3.37. The maximum Gasteiger partial charge on any atom is 0.119 e. The fourth-order valence-corrected chi connectivity index (χ4v) is 2.42. The molecule has 0 spiro atoms. The first-order chi connectivity index (χ1) is 10.2. The minimum Gasteiger partial charge on any atom is -0.491 e. The molecule has 0 saturated carbocycles. The van der Waals surface area contributed by atoms with Gasteiger partial charge in [0.15, 0.2) is 0 Å². The third kappa shape index (κ3) is 3.43. The van der Waals surface area contributed by atoms with Crippen molar-refractivity contribution in [2.45, 2.75) is 12.6 Å². The van der Waals surface area contributed by atoms with E-state index in [9.17, 15) is 5.11 Å². The second kappa shape index (κ2) is 6.28. The molecule has 5 heteroatoms. The molecule has 108 valence electrons. The zero-order valence-corrected chi connectivity index (χ0v) is 12.9. The predicted octanol–water partition coefficient (Wildman–Crippen LogP) is 3.24. The zero-order chi connectivity index (χ0) is 14.7. The Labute approximate surface area is 131 Å². The first kappa shape index (κ1) is 14.1. The number of halogens is 1. The molecule has 0 unspecified atom stereocenters. The van der Waals surface area contributed by atoms with Gasteiger partial charge in [0.2, 0.25) is 0 Å². The first-order valence-electron chi connectivity index (χ1n) is 6.69. The van der Waals surface area contributed by atoms with Gasteiger partial charge in [-0.3, -0.25) is 0 Å². The monoisotopic (exact) mass is 346 g/mol. The number of aliphatic hydroxyl groups is 1. The minimum atomic E-state index is -0.591. The second-order valence-corrected chi connectivity index (χ2v) is 5.72. The third-order valence-corrected chi connectivity index (χ3v) is 3.72. The van der Waals surface area contributed by atoms with Gasteiger partial charge in [0.25, 0.3) is 0 Å². The molecule has 1 aromatic heterocycles. The predicted molar refractivity (Wildman–Crippen MR) is 85.4 cm³/mol. The maximum absolute atomic E-state index is 10.1. The van der Waals surface area contributed by atoms with Crippen molar-refractivity contribution in [1.29, 1.82) is 0 Å². The molecule has 1 N–H and O–H groups in total. The van der Waals surface area contributed by atoms with Gasteiger partial charge >= 0.3 is 0 Å². The summed E-state index contributed by atoms with van der Waals surface area (Å²) in [5, 5.41) is 10.1. The van der Waals surface area contributed by atoms with Gasteiger partial charge < -0.3 is 14.4 Å². The summed E-state index contributed by atoms with van der Waals surface area (Å²) in [5.74, 6) is 0.743. The lowest BCUT2D eigenvalue weighted by Crippen LogP contribution is -2.23. The Bertz CT molecular complexity index is 724. The van der Waals surface area contributed by atoms with Crippen LogP contribution in [0.4, 0.5) is 0 Å². The Hall–Kier alpha value is -1.85. The molecule has 0 aliphatic heterocycles. The summed E-state index contributed by atoms with van der Waals surface area (Å²) in [6.45, 7) is 0.700. The lowest BCUT2D eigenvalue weighted by atomic mass is 10.3. The van der Waals surface area contributed by atoms with E-state index in [1.165, 1.54) is 0 Å². The number of hydrogen-bond acceptors (Lipinski definition) is 3. The van der Waals surface area contributed by atoms with Crippen molar-refractivity contribution < 1.29 is 9.84 Å². The molecule has 4 nitrogen and oxygen atoms in total. The highest BCUT2D eigenvalue weighted by Crippen LogP contribution is 2.17. The summed E-state index contributed by atoms with van der Waals surface area (Å²) < 4.78 is 8.51. The number of imidazole rings is 1. The summed E-state index contributed by atoms with van der Waals surface area (Å²) in [7, 11) is 0. The number of rotatable bonds is 5. The molecule has 0 bridgehead atoms. The summed E-state index contributed by atoms with van der Waals surface area (Å²) in [6.07, 6.45) is 1.15. The minimum absolute atomic E-state index is 0.244. The van der Waals surface area contributed by atoms with Crippen LogP contribution in [0.5, 0.6) is 5.75 Å². The Balaban J connectivity index is 1.61. The summed E-state index contributed by atoms with van der Waals surface area (Å²) in [5.41, 5.74) is 1.94. The highest BCUT2D eigenvalue weighted by molar-refractivity contribution is 9.10. The maximum atomic E-state index is 10.1. The van der Waals surface area contributed by atoms with Gasteiger partial charge in [0.1, 0.15) is 18.5 Å². The van der Waals surface area contributed by atoms with E-state index in [1.807, 2.05) is 53.1 Å².